The molecule has 0 aliphatic rings. The molecule has 0 bridgehead atoms. The standard InChI is InChI=1S/C8H13NS2/c1-10-6-7(9)5-8-3-2-4-11-8/h2-4,7H,5-6,9H2,1H3. The Kier molecular flexibility index (Phi) is 3.97. The summed E-state index contributed by atoms with van der Waals surface area (Å²) in [6, 6.07) is 4.54. The Hall–Kier alpha value is 0.01000. The van der Waals surface area contributed by atoms with Gasteiger partial charge < -0.3 is 5.73 Å². The van der Waals surface area contributed by atoms with Gasteiger partial charge in [0.2, 0.25) is 0 Å². The van der Waals surface area contributed by atoms with Crippen molar-refractivity contribution in [2.75, 3.05) is 12.0 Å². The summed E-state index contributed by atoms with van der Waals surface area (Å²) in [5.41, 5.74) is 5.86. The molecule has 1 heterocycles. The van der Waals surface area contributed by atoms with Crippen LogP contribution in [0.2, 0.25) is 0 Å². The number of nitrogens with two attached hydrogens (primary N) is 1. The number of thioether (sulfide) groups is 1. The summed E-state index contributed by atoms with van der Waals surface area (Å²) in [6.45, 7) is 0. The Bertz CT molecular complexity index is 184. The molecule has 2 N–H and O–H groups in total. The van der Waals surface area contributed by atoms with E-state index in [2.05, 4.69) is 23.8 Å². The summed E-state index contributed by atoms with van der Waals surface area (Å²) in [5.74, 6) is 1.05. The molecule has 1 atom stereocenters. The average Bonchev–Trinajstić information content (AvgIpc) is 2.40. The summed E-state index contributed by atoms with van der Waals surface area (Å²) in [6.07, 6.45) is 3.12. The SMILES string of the molecule is CSCC(N)Cc1cccs1. The van der Waals surface area contributed by atoms with Crippen molar-refractivity contribution in [2.45, 2.75) is 12.5 Å². The smallest absolute Gasteiger partial charge is 0.0178 e. The lowest BCUT2D eigenvalue weighted by Crippen LogP contribution is -2.24. The zero-order valence-electron chi connectivity index (χ0n) is 6.62. The van der Waals surface area contributed by atoms with Gasteiger partial charge >= 0.3 is 0 Å². The highest BCUT2D eigenvalue weighted by atomic mass is 32.2. The van der Waals surface area contributed by atoms with Crippen LogP contribution in [-0.4, -0.2) is 18.1 Å². The molecule has 11 heavy (non-hydrogen) atoms. The molecule has 0 aliphatic heterocycles. The van der Waals surface area contributed by atoms with Gasteiger partial charge in [-0.1, -0.05) is 6.07 Å². The Morgan fingerprint density at radius 1 is 1.73 bits per heavy atom. The predicted molar refractivity (Wildman–Crippen MR) is 54.4 cm³/mol. The average molecular weight is 187 g/mol. The maximum absolute atomic E-state index is 5.86. The Morgan fingerprint density at radius 2 is 2.55 bits per heavy atom. The van der Waals surface area contributed by atoms with Crippen LogP contribution in [0.4, 0.5) is 0 Å². The van der Waals surface area contributed by atoms with E-state index in [0.29, 0.717) is 6.04 Å². The van der Waals surface area contributed by atoms with E-state index >= 15 is 0 Å². The summed E-state index contributed by atoms with van der Waals surface area (Å²) >= 11 is 3.60. The van der Waals surface area contributed by atoms with Crippen molar-refractivity contribution in [3.8, 4) is 0 Å². The van der Waals surface area contributed by atoms with Crippen LogP contribution in [0.1, 0.15) is 4.88 Å². The van der Waals surface area contributed by atoms with Gasteiger partial charge in [-0.15, -0.1) is 11.3 Å². The molecule has 0 aliphatic carbocycles. The van der Waals surface area contributed by atoms with Crippen LogP contribution in [0.5, 0.6) is 0 Å². The van der Waals surface area contributed by atoms with Gasteiger partial charge in [-0.05, 0) is 24.1 Å². The van der Waals surface area contributed by atoms with Crippen molar-refractivity contribution < 1.29 is 0 Å². The molecule has 0 aromatic carbocycles. The first-order chi connectivity index (χ1) is 5.33. The number of hydrogen-bond acceptors (Lipinski definition) is 3. The molecule has 0 saturated carbocycles. The summed E-state index contributed by atoms with van der Waals surface area (Å²) in [4.78, 5) is 1.39. The fourth-order valence-corrected chi connectivity index (χ4v) is 2.31. The molecule has 0 saturated heterocycles. The lowest BCUT2D eigenvalue weighted by Gasteiger charge is -2.06. The van der Waals surface area contributed by atoms with E-state index in [1.165, 1.54) is 4.88 Å². The van der Waals surface area contributed by atoms with Crippen molar-refractivity contribution in [2.24, 2.45) is 5.73 Å². The molecular weight excluding hydrogens is 174 g/mol. The van der Waals surface area contributed by atoms with Gasteiger partial charge in [0.15, 0.2) is 0 Å². The van der Waals surface area contributed by atoms with Gasteiger partial charge in [0.1, 0.15) is 0 Å². The highest BCUT2D eigenvalue weighted by Gasteiger charge is 2.02. The first kappa shape index (κ1) is 9.10. The molecule has 0 radical (unpaired) electrons. The van der Waals surface area contributed by atoms with E-state index < -0.39 is 0 Å². The van der Waals surface area contributed by atoms with Crippen molar-refractivity contribution in [3.63, 3.8) is 0 Å². The fraction of sp³-hybridized carbons (Fsp3) is 0.500. The second kappa shape index (κ2) is 4.80. The topological polar surface area (TPSA) is 26.0 Å². The minimum absolute atomic E-state index is 0.323. The molecule has 1 aromatic heterocycles. The van der Waals surface area contributed by atoms with Crippen LogP contribution in [0, 0.1) is 0 Å². The van der Waals surface area contributed by atoms with E-state index in [-0.39, 0.29) is 0 Å². The van der Waals surface area contributed by atoms with Crippen molar-refractivity contribution in [1.82, 2.24) is 0 Å². The molecule has 3 heteroatoms. The summed E-state index contributed by atoms with van der Waals surface area (Å²) in [7, 11) is 0. The molecule has 1 aromatic rings. The highest BCUT2D eigenvalue weighted by Crippen LogP contribution is 2.11. The monoisotopic (exact) mass is 187 g/mol. The second-order valence-corrected chi connectivity index (χ2v) is 4.44. The van der Waals surface area contributed by atoms with Crippen LogP contribution >= 0.6 is 23.1 Å². The van der Waals surface area contributed by atoms with Gasteiger partial charge in [0, 0.05) is 16.7 Å². The van der Waals surface area contributed by atoms with E-state index in [1.807, 2.05) is 11.8 Å². The third-order valence-electron chi connectivity index (χ3n) is 1.42. The molecule has 0 fully saturated rings. The third kappa shape index (κ3) is 3.27. The largest absolute Gasteiger partial charge is 0.327 e. The van der Waals surface area contributed by atoms with Gasteiger partial charge in [-0.25, -0.2) is 0 Å². The Labute approximate surface area is 76.0 Å². The number of hydrogen-bond donors (Lipinski definition) is 1. The van der Waals surface area contributed by atoms with Crippen molar-refractivity contribution in [1.29, 1.82) is 0 Å². The van der Waals surface area contributed by atoms with Gasteiger partial charge in [0.25, 0.3) is 0 Å². The normalized spacial score (nSPS) is 13.3. The van der Waals surface area contributed by atoms with Gasteiger partial charge in [0.05, 0.1) is 0 Å². The van der Waals surface area contributed by atoms with Gasteiger partial charge in [-0.3, -0.25) is 0 Å². The van der Waals surface area contributed by atoms with Crippen LogP contribution in [0.15, 0.2) is 17.5 Å². The van der Waals surface area contributed by atoms with Crippen LogP contribution in [-0.2, 0) is 6.42 Å². The van der Waals surface area contributed by atoms with Crippen LogP contribution < -0.4 is 5.73 Å². The van der Waals surface area contributed by atoms with E-state index in [9.17, 15) is 0 Å². The lowest BCUT2D eigenvalue weighted by atomic mass is 10.2. The van der Waals surface area contributed by atoms with Crippen molar-refractivity contribution >= 4 is 23.1 Å². The minimum Gasteiger partial charge on any atom is -0.327 e. The molecule has 1 nitrogen and oxygen atoms in total. The Balaban J connectivity index is 2.31. The summed E-state index contributed by atoms with van der Waals surface area (Å²) in [5, 5.41) is 2.10. The minimum atomic E-state index is 0.323. The van der Waals surface area contributed by atoms with E-state index in [0.717, 1.165) is 12.2 Å². The summed E-state index contributed by atoms with van der Waals surface area (Å²) < 4.78 is 0. The zero-order valence-corrected chi connectivity index (χ0v) is 8.25. The Morgan fingerprint density at radius 3 is 3.09 bits per heavy atom. The second-order valence-electron chi connectivity index (χ2n) is 2.50. The third-order valence-corrected chi connectivity index (χ3v) is 3.08. The zero-order chi connectivity index (χ0) is 8.10. The number of rotatable bonds is 4. The van der Waals surface area contributed by atoms with Crippen LogP contribution in [0.25, 0.3) is 0 Å². The van der Waals surface area contributed by atoms with E-state index in [1.54, 1.807) is 11.3 Å². The molecule has 0 amide bonds. The first-order valence-electron chi connectivity index (χ1n) is 3.60. The highest BCUT2D eigenvalue weighted by molar-refractivity contribution is 7.98. The number of thiophene rings is 1. The first-order valence-corrected chi connectivity index (χ1v) is 5.87. The predicted octanol–water partition coefficient (Wildman–Crippen LogP) is 1.98. The molecular formula is C8H13NS2. The molecule has 1 rings (SSSR count). The maximum Gasteiger partial charge on any atom is 0.0178 e. The quantitative estimate of drug-likeness (QED) is 0.780. The molecule has 1 unspecified atom stereocenters. The van der Waals surface area contributed by atoms with Crippen molar-refractivity contribution in [3.05, 3.63) is 22.4 Å². The fourth-order valence-electron chi connectivity index (χ4n) is 0.960. The maximum atomic E-state index is 5.86. The molecule has 0 spiro atoms. The van der Waals surface area contributed by atoms with E-state index in [4.69, 9.17) is 5.73 Å². The van der Waals surface area contributed by atoms with Gasteiger partial charge in [-0.2, -0.15) is 11.8 Å². The lowest BCUT2D eigenvalue weighted by molar-refractivity contribution is 0.758. The van der Waals surface area contributed by atoms with Crippen LogP contribution in [0.3, 0.4) is 0 Å². The molecule has 62 valence electrons.